The van der Waals surface area contributed by atoms with Crippen molar-refractivity contribution >= 4 is 11.6 Å². The summed E-state index contributed by atoms with van der Waals surface area (Å²) in [6.45, 7) is 4.44. The number of nitrogens with one attached hydrogen (secondary N) is 1. The monoisotopic (exact) mass is 307 g/mol. The van der Waals surface area contributed by atoms with Gasteiger partial charge in [0.05, 0.1) is 12.3 Å². The van der Waals surface area contributed by atoms with E-state index in [1.807, 2.05) is 14.1 Å². The number of anilines is 1. The van der Waals surface area contributed by atoms with Gasteiger partial charge < -0.3 is 20.7 Å². The summed E-state index contributed by atoms with van der Waals surface area (Å²) in [7, 11) is 4.10. The first kappa shape index (κ1) is 18.3. The number of hydrogen-bond acceptors (Lipinski definition) is 4. The summed E-state index contributed by atoms with van der Waals surface area (Å²) in [4.78, 5) is 14.3. The summed E-state index contributed by atoms with van der Waals surface area (Å²) in [5.41, 5.74) is 7.04. The maximum Gasteiger partial charge on any atom is 0.251 e. The average molecular weight is 307 g/mol. The minimum atomic E-state index is -0.0785. The maximum absolute atomic E-state index is 12.1. The standard InChI is InChI=1S/C17H29N3O2/c1-4-5-12-22-16-13-14(8-9-15(16)18)17(21)19-10-6-7-11-20(2)3/h8-9,13H,4-7,10-12,18H2,1-3H3,(H,19,21). The molecular weight excluding hydrogens is 278 g/mol. The molecule has 0 saturated carbocycles. The zero-order valence-electron chi connectivity index (χ0n) is 14.0. The number of nitrogen functional groups attached to an aromatic ring is 1. The highest BCUT2D eigenvalue weighted by Gasteiger charge is 2.09. The predicted molar refractivity (Wildman–Crippen MR) is 91.4 cm³/mol. The molecule has 1 rings (SSSR count). The Morgan fingerprint density at radius 1 is 1.27 bits per heavy atom. The van der Waals surface area contributed by atoms with Crippen LogP contribution in [0.4, 0.5) is 5.69 Å². The lowest BCUT2D eigenvalue weighted by Crippen LogP contribution is -2.25. The number of rotatable bonds is 10. The molecule has 5 nitrogen and oxygen atoms in total. The van der Waals surface area contributed by atoms with E-state index in [0.717, 1.165) is 32.2 Å². The number of carbonyl (C=O) groups excluding carboxylic acids is 1. The topological polar surface area (TPSA) is 67.6 Å². The molecule has 0 aliphatic heterocycles. The van der Waals surface area contributed by atoms with Gasteiger partial charge in [0, 0.05) is 12.1 Å². The van der Waals surface area contributed by atoms with Crippen molar-refractivity contribution in [1.29, 1.82) is 0 Å². The van der Waals surface area contributed by atoms with Crippen molar-refractivity contribution in [3.05, 3.63) is 23.8 Å². The molecule has 0 spiro atoms. The van der Waals surface area contributed by atoms with E-state index in [4.69, 9.17) is 10.5 Å². The fourth-order valence-electron chi connectivity index (χ4n) is 1.98. The lowest BCUT2D eigenvalue weighted by Gasteiger charge is -2.11. The highest BCUT2D eigenvalue weighted by Crippen LogP contribution is 2.23. The SMILES string of the molecule is CCCCOc1cc(C(=O)NCCCCN(C)C)ccc1N. The van der Waals surface area contributed by atoms with Crippen LogP contribution in [0.1, 0.15) is 43.0 Å². The average Bonchev–Trinajstić information content (AvgIpc) is 2.48. The van der Waals surface area contributed by atoms with Crippen LogP contribution in [0.5, 0.6) is 5.75 Å². The van der Waals surface area contributed by atoms with Gasteiger partial charge in [-0.1, -0.05) is 13.3 Å². The van der Waals surface area contributed by atoms with Crippen LogP contribution in [-0.2, 0) is 0 Å². The van der Waals surface area contributed by atoms with Crippen LogP contribution in [0.3, 0.4) is 0 Å². The second-order valence-corrected chi connectivity index (χ2v) is 5.72. The molecule has 3 N–H and O–H groups in total. The van der Waals surface area contributed by atoms with Gasteiger partial charge in [-0.3, -0.25) is 4.79 Å². The number of carbonyl (C=O) groups is 1. The van der Waals surface area contributed by atoms with Gasteiger partial charge in [-0.15, -0.1) is 0 Å². The summed E-state index contributed by atoms with van der Waals surface area (Å²) in [5.74, 6) is 0.513. The predicted octanol–water partition coefficient (Wildman–Crippen LogP) is 2.52. The van der Waals surface area contributed by atoms with E-state index < -0.39 is 0 Å². The van der Waals surface area contributed by atoms with E-state index >= 15 is 0 Å². The van der Waals surface area contributed by atoms with E-state index in [9.17, 15) is 4.79 Å². The van der Waals surface area contributed by atoms with Crippen LogP contribution in [0, 0.1) is 0 Å². The van der Waals surface area contributed by atoms with Crippen molar-refractivity contribution < 1.29 is 9.53 Å². The number of hydrogen-bond donors (Lipinski definition) is 2. The number of ether oxygens (including phenoxy) is 1. The lowest BCUT2D eigenvalue weighted by molar-refractivity contribution is 0.0952. The van der Waals surface area contributed by atoms with Gasteiger partial charge in [-0.25, -0.2) is 0 Å². The first-order valence-corrected chi connectivity index (χ1v) is 7.99. The highest BCUT2D eigenvalue weighted by molar-refractivity contribution is 5.95. The van der Waals surface area contributed by atoms with E-state index in [2.05, 4.69) is 17.1 Å². The Balaban J connectivity index is 2.46. The molecule has 0 heterocycles. The summed E-state index contributed by atoms with van der Waals surface area (Å²) < 4.78 is 5.63. The molecule has 0 radical (unpaired) electrons. The molecular formula is C17H29N3O2. The number of nitrogens with zero attached hydrogens (tertiary/aromatic N) is 1. The van der Waals surface area contributed by atoms with Gasteiger partial charge >= 0.3 is 0 Å². The largest absolute Gasteiger partial charge is 0.491 e. The van der Waals surface area contributed by atoms with Crippen molar-refractivity contribution in [2.45, 2.75) is 32.6 Å². The summed E-state index contributed by atoms with van der Waals surface area (Å²) in [5, 5.41) is 2.93. The number of nitrogens with two attached hydrogens (primary N) is 1. The quantitative estimate of drug-likeness (QED) is 0.515. The Bertz CT molecular complexity index is 461. The van der Waals surface area contributed by atoms with Crippen LogP contribution in [0.15, 0.2) is 18.2 Å². The third-order valence-electron chi connectivity index (χ3n) is 3.35. The van der Waals surface area contributed by atoms with E-state index in [0.29, 0.717) is 30.2 Å². The third kappa shape index (κ3) is 6.80. The Hall–Kier alpha value is -1.75. The third-order valence-corrected chi connectivity index (χ3v) is 3.35. The minimum absolute atomic E-state index is 0.0785. The molecule has 0 aromatic heterocycles. The van der Waals surface area contributed by atoms with Crippen LogP contribution < -0.4 is 15.8 Å². The Kier molecular flexibility index (Phi) is 8.36. The molecule has 0 aliphatic rings. The van der Waals surface area contributed by atoms with Gasteiger partial charge in [0.1, 0.15) is 5.75 Å². The second kappa shape index (κ2) is 10.1. The Morgan fingerprint density at radius 2 is 2.05 bits per heavy atom. The molecule has 0 aliphatic carbocycles. The van der Waals surface area contributed by atoms with Crippen LogP contribution in [0.25, 0.3) is 0 Å². The Morgan fingerprint density at radius 3 is 2.73 bits per heavy atom. The molecule has 22 heavy (non-hydrogen) atoms. The summed E-state index contributed by atoms with van der Waals surface area (Å²) in [6.07, 6.45) is 4.08. The highest BCUT2D eigenvalue weighted by atomic mass is 16.5. The zero-order chi connectivity index (χ0) is 16.4. The molecule has 0 bridgehead atoms. The van der Waals surface area contributed by atoms with Crippen LogP contribution in [0.2, 0.25) is 0 Å². The lowest BCUT2D eigenvalue weighted by atomic mass is 10.1. The normalized spacial score (nSPS) is 10.7. The zero-order valence-corrected chi connectivity index (χ0v) is 14.0. The molecule has 5 heteroatoms. The molecule has 1 aromatic carbocycles. The van der Waals surface area contributed by atoms with E-state index in [1.165, 1.54) is 0 Å². The Labute approximate surface area is 133 Å². The second-order valence-electron chi connectivity index (χ2n) is 5.72. The fraction of sp³-hybridized carbons (Fsp3) is 0.588. The minimum Gasteiger partial charge on any atom is -0.491 e. The number of benzene rings is 1. The van der Waals surface area contributed by atoms with Crippen molar-refractivity contribution in [2.24, 2.45) is 0 Å². The van der Waals surface area contributed by atoms with Crippen LogP contribution >= 0.6 is 0 Å². The van der Waals surface area contributed by atoms with Gasteiger partial charge in [-0.05, 0) is 58.1 Å². The van der Waals surface area contributed by atoms with E-state index in [1.54, 1.807) is 18.2 Å². The van der Waals surface area contributed by atoms with Gasteiger partial charge in [0.2, 0.25) is 0 Å². The van der Waals surface area contributed by atoms with Crippen molar-refractivity contribution in [3.63, 3.8) is 0 Å². The molecule has 0 fully saturated rings. The number of unbranched alkanes of at least 4 members (excludes halogenated alkanes) is 2. The first-order chi connectivity index (χ1) is 10.5. The smallest absolute Gasteiger partial charge is 0.251 e. The van der Waals surface area contributed by atoms with Crippen molar-refractivity contribution in [2.75, 3.05) is 39.5 Å². The number of amides is 1. The van der Waals surface area contributed by atoms with E-state index in [-0.39, 0.29) is 5.91 Å². The van der Waals surface area contributed by atoms with Gasteiger partial charge in [0.25, 0.3) is 5.91 Å². The molecule has 0 saturated heterocycles. The molecule has 124 valence electrons. The van der Waals surface area contributed by atoms with Crippen LogP contribution in [-0.4, -0.2) is 44.6 Å². The molecule has 0 atom stereocenters. The summed E-state index contributed by atoms with van der Waals surface area (Å²) >= 11 is 0. The fourth-order valence-corrected chi connectivity index (χ4v) is 1.98. The maximum atomic E-state index is 12.1. The molecule has 1 aromatic rings. The van der Waals surface area contributed by atoms with Crippen molar-refractivity contribution in [3.8, 4) is 5.75 Å². The summed E-state index contributed by atoms with van der Waals surface area (Å²) in [6, 6.07) is 5.18. The van der Waals surface area contributed by atoms with Crippen molar-refractivity contribution in [1.82, 2.24) is 10.2 Å². The first-order valence-electron chi connectivity index (χ1n) is 7.99. The molecule has 0 unspecified atom stereocenters. The van der Waals surface area contributed by atoms with Gasteiger partial charge in [0.15, 0.2) is 0 Å². The molecule has 1 amide bonds. The van der Waals surface area contributed by atoms with Gasteiger partial charge in [-0.2, -0.15) is 0 Å².